The van der Waals surface area contributed by atoms with Gasteiger partial charge in [-0.2, -0.15) is 0 Å². The Hall–Kier alpha value is -2.76. The van der Waals surface area contributed by atoms with Crippen LogP contribution in [0.3, 0.4) is 0 Å². The van der Waals surface area contributed by atoms with Crippen molar-refractivity contribution < 1.29 is 9.18 Å². The third-order valence-electron chi connectivity index (χ3n) is 2.63. The number of amides is 1. The van der Waals surface area contributed by atoms with E-state index in [1.54, 1.807) is 23.1 Å². The van der Waals surface area contributed by atoms with Crippen LogP contribution in [0, 0.1) is 5.82 Å². The second-order valence-corrected chi connectivity index (χ2v) is 4.51. The molecule has 0 radical (unpaired) electrons. The summed E-state index contributed by atoms with van der Waals surface area (Å²) in [5.74, 6) is -0.199. The second kappa shape index (κ2) is 6.60. The van der Waals surface area contributed by atoms with Crippen molar-refractivity contribution in [3.05, 3.63) is 54.1 Å². The molecule has 1 aromatic carbocycles. The lowest BCUT2D eigenvalue weighted by Crippen LogP contribution is -2.13. The molecule has 5 nitrogen and oxygen atoms in total. The number of nitrogens with zero attached hydrogens (tertiary/aromatic N) is 3. The third kappa shape index (κ3) is 4.10. The number of aromatic nitrogens is 2. The van der Waals surface area contributed by atoms with E-state index in [9.17, 15) is 9.18 Å². The number of anilines is 2. The van der Waals surface area contributed by atoms with Gasteiger partial charge in [-0.15, -0.1) is 0 Å². The van der Waals surface area contributed by atoms with Crippen molar-refractivity contribution in [2.24, 2.45) is 0 Å². The molecule has 2 aromatic rings. The van der Waals surface area contributed by atoms with Gasteiger partial charge in [0.25, 0.3) is 0 Å². The fraction of sp³-hybridized carbons (Fsp3) is 0.133. The number of carbonyl (C=O) groups is 1. The van der Waals surface area contributed by atoms with Gasteiger partial charge in [-0.05, 0) is 12.1 Å². The van der Waals surface area contributed by atoms with Gasteiger partial charge in [0.05, 0.1) is 18.1 Å². The average Bonchev–Trinajstić information content (AvgIpc) is 2.47. The molecule has 0 aliphatic rings. The summed E-state index contributed by atoms with van der Waals surface area (Å²) in [6.07, 6.45) is 5.70. The maximum absolute atomic E-state index is 13.4. The van der Waals surface area contributed by atoms with Crippen molar-refractivity contribution in [2.75, 3.05) is 24.3 Å². The highest BCUT2D eigenvalue weighted by atomic mass is 19.1. The van der Waals surface area contributed by atoms with Gasteiger partial charge < -0.3 is 10.2 Å². The Labute approximate surface area is 122 Å². The summed E-state index contributed by atoms with van der Waals surface area (Å²) in [7, 11) is 3.65. The first-order valence-electron chi connectivity index (χ1n) is 6.29. The van der Waals surface area contributed by atoms with Gasteiger partial charge in [-0.3, -0.25) is 4.79 Å². The smallest absolute Gasteiger partial charge is 0.248 e. The van der Waals surface area contributed by atoms with E-state index in [0.717, 1.165) is 0 Å². The Balaban J connectivity index is 2.00. The quantitative estimate of drug-likeness (QED) is 0.876. The fourth-order valence-corrected chi connectivity index (χ4v) is 1.58. The molecule has 0 bridgehead atoms. The van der Waals surface area contributed by atoms with Crippen LogP contribution >= 0.6 is 0 Å². The van der Waals surface area contributed by atoms with Crippen molar-refractivity contribution in [3.8, 4) is 0 Å². The number of hydrogen-bond acceptors (Lipinski definition) is 4. The van der Waals surface area contributed by atoms with Crippen molar-refractivity contribution in [1.29, 1.82) is 0 Å². The minimum absolute atomic E-state index is 0.354. The number of benzene rings is 1. The van der Waals surface area contributed by atoms with E-state index in [-0.39, 0.29) is 11.7 Å². The molecular weight excluding hydrogens is 271 g/mol. The van der Waals surface area contributed by atoms with E-state index < -0.39 is 0 Å². The van der Waals surface area contributed by atoms with E-state index in [0.29, 0.717) is 17.2 Å². The number of nitrogens with one attached hydrogen (secondary N) is 1. The summed E-state index contributed by atoms with van der Waals surface area (Å²) in [5, 5.41) is 2.61. The predicted molar refractivity (Wildman–Crippen MR) is 80.4 cm³/mol. The SMILES string of the molecule is CN(C)c1ncc(NC(=O)/C=C/c2ccccc2F)cn1. The van der Waals surface area contributed by atoms with Crippen LogP contribution in [0.5, 0.6) is 0 Å². The molecule has 0 unspecified atom stereocenters. The van der Waals surface area contributed by atoms with Gasteiger partial charge in [0, 0.05) is 25.7 Å². The Bertz CT molecular complexity index is 653. The topological polar surface area (TPSA) is 58.1 Å². The van der Waals surface area contributed by atoms with Crippen LogP contribution in [0.4, 0.5) is 16.0 Å². The largest absolute Gasteiger partial charge is 0.347 e. The van der Waals surface area contributed by atoms with Crippen LogP contribution in [-0.4, -0.2) is 30.0 Å². The first kappa shape index (κ1) is 14.6. The molecule has 108 valence electrons. The molecule has 0 spiro atoms. The summed E-state index contributed by atoms with van der Waals surface area (Å²) in [6, 6.07) is 6.23. The van der Waals surface area contributed by atoms with Crippen molar-refractivity contribution in [2.45, 2.75) is 0 Å². The second-order valence-electron chi connectivity index (χ2n) is 4.51. The van der Waals surface area contributed by atoms with E-state index in [1.165, 1.54) is 30.6 Å². The van der Waals surface area contributed by atoms with E-state index in [4.69, 9.17) is 0 Å². The van der Waals surface area contributed by atoms with Crippen molar-refractivity contribution in [3.63, 3.8) is 0 Å². The molecule has 6 heteroatoms. The van der Waals surface area contributed by atoms with Crippen LogP contribution in [0.15, 0.2) is 42.7 Å². The maximum Gasteiger partial charge on any atom is 0.248 e. The predicted octanol–water partition coefficient (Wildman–Crippen LogP) is 2.33. The Morgan fingerprint density at radius 2 is 1.90 bits per heavy atom. The van der Waals surface area contributed by atoms with Crippen LogP contribution in [0.2, 0.25) is 0 Å². The highest BCUT2D eigenvalue weighted by Gasteiger charge is 2.02. The number of rotatable bonds is 4. The Kier molecular flexibility index (Phi) is 4.61. The fourth-order valence-electron chi connectivity index (χ4n) is 1.58. The molecule has 0 aliphatic carbocycles. The maximum atomic E-state index is 13.4. The number of hydrogen-bond donors (Lipinski definition) is 1. The highest BCUT2D eigenvalue weighted by molar-refractivity contribution is 6.01. The summed E-state index contributed by atoms with van der Waals surface area (Å²) >= 11 is 0. The minimum atomic E-state index is -0.376. The lowest BCUT2D eigenvalue weighted by Gasteiger charge is -2.09. The van der Waals surface area contributed by atoms with E-state index in [1.807, 2.05) is 14.1 Å². The molecular formula is C15H15FN4O. The van der Waals surface area contributed by atoms with Crippen LogP contribution in [0.1, 0.15) is 5.56 Å². The van der Waals surface area contributed by atoms with Gasteiger partial charge in [-0.1, -0.05) is 18.2 Å². The normalized spacial score (nSPS) is 10.6. The monoisotopic (exact) mass is 286 g/mol. The highest BCUT2D eigenvalue weighted by Crippen LogP contribution is 2.10. The van der Waals surface area contributed by atoms with Gasteiger partial charge in [-0.25, -0.2) is 14.4 Å². The minimum Gasteiger partial charge on any atom is -0.347 e. The molecule has 0 saturated heterocycles. The lowest BCUT2D eigenvalue weighted by atomic mass is 10.2. The Morgan fingerprint density at radius 3 is 2.52 bits per heavy atom. The van der Waals surface area contributed by atoms with Crippen LogP contribution < -0.4 is 10.2 Å². The summed E-state index contributed by atoms with van der Waals surface area (Å²) in [5.41, 5.74) is 0.829. The zero-order chi connectivity index (χ0) is 15.2. The molecule has 1 N–H and O–H groups in total. The van der Waals surface area contributed by atoms with Crippen molar-refractivity contribution in [1.82, 2.24) is 9.97 Å². The molecule has 0 fully saturated rings. The molecule has 0 saturated carbocycles. The summed E-state index contributed by atoms with van der Waals surface area (Å²) in [6.45, 7) is 0. The van der Waals surface area contributed by atoms with Gasteiger partial charge >= 0.3 is 0 Å². The average molecular weight is 286 g/mol. The first-order chi connectivity index (χ1) is 10.1. The van der Waals surface area contributed by atoms with Crippen molar-refractivity contribution >= 4 is 23.6 Å². The van der Waals surface area contributed by atoms with Gasteiger partial charge in [0.2, 0.25) is 11.9 Å². The van der Waals surface area contributed by atoms with Crippen LogP contribution in [-0.2, 0) is 4.79 Å². The lowest BCUT2D eigenvalue weighted by molar-refractivity contribution is -0.111. The summed E-state index contributed by atoms with van der Waals surface area (Å²) in [4.78, 5) is 21.6. The molecule has 2 rings (SSSR count). The molecule has 0 aliphatic heterocycles. The Morgan fingerprint density at radius 1 is 1.24 bits per heavy atom. The first-order valence-corrected chi connectivity index (χ1v) is 6.29. The molecule has 1 aromatic heterocycles. The van der Waals surface area contributed by atoms with Gasteiger partial charge in [0.1, 0.15) is 5.82 Å². The molecule has 1 amide bonds. The zero-order valence-corrected chi connectivity index (χ0v) is 11.7. The number of carbonyl (C=O) groups excluding carboxylic acids is 1. The standard InChI is InChI=1S/C15H15FN4O/c1-20(2)15-17-9-12(10-18-15)19-14(21)8-7-11-5-3-4-6-13(11)16/h3-10H,1-2H3,(H,19,21)/b8-7+. The summed E-state index contributed by atoms with van der Waals surface area (Å²) < 4.78 is 13.4. The zero-order valence-electron chi connectivity index (χ0n) is 11.7. The van der Waals surface area contributed by atoms with Crippen LogP contribution in [0.25, 0.3) is 6.08 Å². The molecule has 1 heterocycles. The molecule has 0 atom stereocenters. The number of halogens is 1. The van der Waals surface area contributed by atoms with E-state index in [2.05, 4.69) is 15.3 Å². The van der Waals surface area contributed by atoms with Gasteiger partial charge in [0.15, 0.2) is 0 Å². The van der Waals surface area contributed by atoms with E-state index >= 15 is 0 Å². The third-order valence-corrected chi connectivity index (χ3v) is 2.63. The molecule has 21 heavy (non-hydrogen) atoms.